The van der Waals surface area contributed by atoms with Crippen molar-refractivity contribution < 1.29 is 9.53 Å². The van der Waals surface area contributed by atoms with Crippen LogP contribution in [0.15, 0.2) is 30.9 Å². The van der Waals surface area contributed by atoms with Crippen LogP contribution >= 0.6 is 0 Å². The minimum absolute atomic E-state index is 0.104. The fourth-order valence-corrected chi connectivity index (χ4v) is 3.56. The highest BCUT2D eigenvalue weighted by molar-refractivity contribution is 6.06. The SMILES string of the molecule is C=C(C)c1ccc2c(c1)C(N1CCC(C)(OC)CC1)=CC(=O)C2C#N. The number of carbonyl (C=O) groups excluding carboxylic acids is 1. The van der Waals surface area contributed by atoms with Crippen LogP contribution in [-0.2, 0) is 9.53 Å². The maximum absolute atomic E-state index is 12.5. The van der Waals surface area contributed by atoms with E-state index in [4.69, 9.17) is 4.74 Å². The van der Waals surface area contributed by atoms with Crippen LogP contribution in [0.25, 0.3) is 11.3 Å². The fraction of sp³-hybridized carbons (Fsp3) is 0.429. The third kappa shape index (κ3) is 3.12. The first-order valence-electron chi connectivity index (χ1n) is 8.64. The predicted molar refractivity (Wildman–Crippen MR) is 98.7 cm³/mol. The number of rotatable bonds is 3. The Bertz CT molecular complexity index is 793. The van der Waals surface area contributed by atoms with Gasteiger partial charge in [0.05, 0.1) is 11.7 Å². The van der Waals surface area contributed by atoms with Crippen molar-refractivity contribution in [3.63, 3.8) is 0 Å². The van der Waals surface area contributed by atoms with Gasteiger partial charge in [-0.1, -0.05) is 24.3 Å². The van der Waals surface area contributed by atoms with Crippen LogP contribution < -0.4 is 0 Å². The number of nitrogens with zero attached hydrogens (tertiary/aromatic N) is 2. The summed E-state index contributed by atoms with van der Waals surface area (Å²) in [4.78, 5) is 14.7. The smallest absolute Gasteiger partial charge is 0.179 e. The van der Waals surface area contributed by atoms with Crippen molar-refractivity contribution in [2.24, 2.45) is 0 Å². The molecule has 1 aliphatic heterocycles. The molecule has 1 heterocycles. The molecule has 3 rings (SSSR count). The van der Waals surface area contributed by atoms with Crippen LogP contribution in [0.5, 0.6) is 0 Å². The van der Waals surface area contributed by atoms with Gasteiger partial charge in [-0.15, -0.1) is 0 Å². The predicted octanol–water partition coefficient (Wildman–Crippen LogP) is 3.75. The number of piperidine rings is 1. The Balaban J connectivity index is 2.01. The highest BCUT2D eigenvalue weighted by atomic mass is 16.5. The summed E-state index contributed by atoms with van der Waals surface area (Å²) in [5.41, 5.74) is 4.61. The molecule has 1 aromatic rings. The van der Waals surface area contributed by atoms with E-state index in [-0.39, 0.29) is 11.4 Å². The summed E-state index contributed by atoms with van der Waals surface area (Å²) in [6.45, 7) is 9.77. The molecule has 0 saturated carbocycles. The molecule has 1 unspecified atom stereocenters. The second kappa shape index (κ2) is 6.50. The van der Waals surface area contributed by atoms with Crippen LogP contribution in [0.1, 0.15) is 49.3 Å². The third-order valence-electron chi connectivity index (χ3n) is 5.48. The monoisotopic (exact) mass is 336 g/mol. The lowest BCUT2D eigenvalue weighted by Gasteiger charge is -2.41. The Kier molecular flexibility index (Phi) is 4.53. The van der Waals surface area contributed by atoms with Gasteiger partial charge in [0.15, 0.2) is 5.78 Å². The Morgan fingerprint density at radius 1 is 1.40 bits per heavy atom. The van der Waals surface area contributed by atoms with Crippen molar-refractivity contribution in [3.05, 3.63) is 47.5 Å². The first kappa shape index (κ1) is 17.4. The summed E-state index contributed by atoms with van der Waals surface area (Å²) >= 11 is 0. The van der Waals surface area contributed by atoms with E-state index in [1.54, 1.807) is 13.2 Å². The van der Waals surface area contributed by atoms with Gasteiger partial charge in [0, 0.05) is 37.5 Å². The van der Waals surface area contributed by atoms with E-state index in [0.717, 1.165) is 53.9 Å². The van der Waals surface area contributed by atoms with Crippen LogP contribution in [0.3, 0.4) is 0 Å². The molecular formula is C21H24N2O2. The number of methoxy groups -OCH3 is 1. The van der Waals surface area contributed by atoms with Gasteiger partial charge < -0.3 is 9.64 Å². The van der Waals surface area contributed by atoms with Gasteiger partial charge in [0.2, 0.25) is 0 Å². The number of ketones is 1. The fourth-order valence-electron chi connectivity index (χ4n) is 3.56. The molecule has 1 atom stereocenters. The number of nitriles is 1. The van der Waals surface area contributed by atoms with E-state index >= 15 is 0 Å². The molecule has 1 aliphatic carbocycles. The molecule has 4 heteroatoms. The molecule has 1 aromatic carbocycles. The number of benzene rings is 1. The molecule has 0 N–H and O–H groups in total. The van der Waals surface area contributed by atoms with Crippen LogP contribution in [-0.4, -0.2) is 36.5 Å². The van der Waals surface area contributed by atoms with Crippen LogP contribution in [0, 0.1) is 11.3 Å². The largest absolute Gasteiger partial charge is 0.378 e. The van der Waals surface area contributed by atoms with E-state index < -0.39 is 5.92 Å². The number of likely N-dealkylation sites (tertiary alicyclic amines) is 1. The van der Waals surface area contributed by atoms with E-state index in [0.29, 0.717) is 0 Å². The lowest BCUT2D eigenvalue weighted by Crippen LogP contribution is -2.43. The summed E-state index contributed by atoms with van der Waals surface area (Å²) in [6, 6.07) is 8.06. The van der Waals surface area contributed by atoms with E-state index in [9.17, 15) is 10.1 Å². The van der Waals surface area contributed by atoms with Gasteiger partial charge in [0.1, 0.15) is 5.92 Å². The molecule has 0 spiro atoms. The number of hydrogen-bond donors (Lipinski definition) is 0. The molecule has 1 saturated heterocycles. The van der Waals surface area contributed by atoms with Gasteiger partial charge in [-0.3, -0.25) is 4.79 Å². The molecule has 2 aliphatic rings. The zero-order valence-electron chi connectivity index (χ0n) is 15.1. The van der Waals surface area contributed by atoms with Crippen molar-refractivity contribution in [1.29, 1.82) is 5.26 Å². The Morgan fingerprint density at radius 2 is 2.08 bits per heavy atom. The Labute approximate surface area is 149 Å². The molecule has 4 nitrogen and oxygen atoms in total. The second-order valence-corrected chi connectivity index (χ2v) is 7.22. The van der Waals surface area contributed by atoms with Crippen LogP contribution in [0.2, 0.25) is 0 Å². The average Bonchev–Trinajstić information content (AvgIpc) is 2.61. The molecule has 130 valence electrons. The average molecular weight is 336 g/mol. The number of hydrogen-bond acceptors (Lipinski definition) is 4. The molecule has 0 aromatic heterocycles. The zero-order chi connectivity index (χ0) is 18.2. The lowest BCUT2D eigenvalue weighted by molar-refractivity contribution is -0.115. The maximum Gasteiger partial charge on any atom is 0.179 e. The van der Waals surface area contributed by atoms with Crippen molar-refractivity contribution in [2.75, 3.05) is 20.2 Å². The lowest BCUT2D eigenvalue weighted by atomic mass is 9.82. The van der Waals surface area contributed by atoms with Gasteiger partial charge >= 0.3 is 0 Å². The minimum atomic E-state index is -0.716. The highest BCUT2D eigenvalue weighted by Gasteiger charge is 2.35. The summed E-state index contributed by atoms with van der Waals surface area (Å²) in [5.74, 6) is -0.847. The molecule has 1 fully saturated rings. The molecular weight excluding hydrogens is 312 g/mol. The first-order chi connectivity index (χ1) is 11.9. The number of allylic oxidation sites excluding steroid dienone is 2. The zero-order valence-corrected chi connectivity index (χ0v) is 15.1. The first-order valence-corrected chi connectivity index (χ1v) is 8.64. The van der Waals surface area contributed by atoms with Crippen LogP contribution in [0.4, 0.5) is 0 Å². The summed E-state index contributed by atoms with van der Waals surface area (Å²) < 4.78 is 5.62. The van der Waals surface area contributed by atoms with Gasteiger partial charge in [-0.25, -0.2) is 0 Å². The molecule has 0 radical (unpaired) electrons. The van der Waals surface area contributed by atoms with Crippen molar-refractivity contribution >= 4 is 17.1 Å². The topological polar surface area (TPSA) is 53.3 Å². The van der Waals surface area contributed by atoms with Crippen molar-refractivity contribution in [2.45, 2.75) is 38.2 Å². The summed E-state index contributed by atoms with van der Waals surface area (Å²) in [7, 11) is 1.75. The molecule has 25 heavy (non-hydrogen) atoms. The van der Waals surface area contributed by atoms with Gasteiger partial charge in [-0.2, -0.15) is 5.26 Å². The number of fused-ring (bicyclic) bond motifs is 1. The standard InChI is InChI=1S/C21H24N2O2/c1-14(2)15-5-6-16-17(11-15)19(12-20(24)18(16)13-22)23-9-7-21(3,25-4)8-10-23/h5-6,11-12,18H,1,7-10H2,2-4H3. The van der Waals surface area contributed by atoms with Crippen molar-refractivity contribution in [1.82, 2.24) is 4.90 Å². The number of ether oxygens (including phenoxy) is 1. The third-order valence-corrected chi connectivity index (χ3v) is 5.48. The molecule has 0 bridgehead atoms. The normalized spacial score (nSPS) is 22.0. The maximum atomic E-state index is 12.5. The Hall–Kier alpha value is -2.38. The second-order valence-electron chi connectivity index (χ2n) is 7.22. The van der Waals surface area contributed by atoms with E-state index in [1.165, 1.54) is 0 Å². The number of carbonyl (C=O) groups is 1. The van der Waals surface area contributed by atoms with E-state index in [2.05, 4.69) is 30.5 Å². The molecule has 0 amide bonds. The van der Waals surface area contributed by atoms with Gasteiger partial charge in [-0.05, 0) is 43.9 Å². The van der Waals surface area contributed by atoms with Gasteiger partial charge in [0.25, 0.3) is 0 Å². The quantitative estimate of drug-likeness (QED) is 0.843. The Morgan fingerprint density at radius 3 is 2.64 bits per heavy atom. The van der Waals surface area contributed by atoms with E-state index in [1.807, 2.05) is 19.1 Å². The summed E-state index contributed by atoms with van der Waals surface area (Å²) in [5, 5.41) is 9.44. The van der Waals surface area contributed by atoms with Crippen molar-refractivity contribution in [3.8, 4) is 6.07 Å². The summed E-state index contributed by atoms with van der Waals surface area (Å²) in [6.07, 6.45) is 3.46. The highest BCUT2D eigenvalue weighted by Crippen LogP contribution is 2.38. The minimum Gasteiger partial charge on any atom is -0.378 e.